The van der Waals surface area contributed by atoms with Crippen LogP contribution in [0, 0.1) is 0 Å². The van der Waals surface area contributed by atoms with Crippen molar-refractivity contribution in [3.63, 3.8) is 0 Å². The second kappa shape index (κ2) is 6.95. The summed E-state index contributed by atoms with van der Waals surface area (Å²) < 4.78 is 7.19. The fraction of sp³-hybridized carbons (Fsp3) is 0.190. The monoisotopic (exact) mass is 433 g/mol. The Morgan fingerprint density at radius 1 is 1.26 bits per heavy atom. The molecule has 1 aliphatic rings. The van der Waals surface area contributed by atoms with E-state index in [0.717, 1.165) is 16.2 Å². The molecule has 1 atom stereocenters. The molecule has 3 N–H and O–H groups in total. The molecule has 31 heavy (non-hydrogen) atoms. The van der Waals surface area contributed by atoms with Crippen LogP contribution < -0.4 is 15.8 Å². The van der Waals surface area contributed by atoms with Crippen LogP contribution in [0.25, 0.3) is 17.2 Å². The van der Waals surface area contributed by atoms with Gasteiger partial charge in [-0.3, -0.25) is 4.79 Å². The lowest BCUT2D eigenvalue weighted by molar-refractivity contribution is -0.119. The maximum atomic E-state index is 13.1. The molecule has 3 aromatic heterocycles. The van der Waals surface area contributed by atoms with Gasteiger partial charge in [-0.25, -0.2) is 19.9 Å². The van der Waals surface area contributed by atoms with Crippen LogP contribution in [-0.4, -0.2) is 43.6 Å². The van der Waals surface area contributed by atoms with Gasteiger partial charge in [0.15, 0.2) is 11.5 Å². The molecule has 0 aliphatic carbocycles. The third-order valence-electron chi connectivity index (χ3n) is 5.54. The first-order valence-corrected chi connectivity index (χ1v) is 10.7. The number of anilines is 2. The van der Waals surface area contributed by atoms with Crippen molar-refractivity contribution in [3.05, 3.63) is 54.0 Å². The maximum Gasteiger partial charge on any atom is 0.240 e. The number of hydrogen-bond donors (Lipinski definition) is 2. The molecule has 1 aliphatic heterocycles. The van der Waals surface area contributed by atoms with E-state index in [0.29, 0.717) is 28.6 Å². The number of benzene rings is 1. The summed E-state index contributed by atoms with van der Waals surface area (Å²) in [6.45, 7) is 1.81. The van der Waals surface area contributed by atoms with Crippen molar-refractivity contribution in [1.82, 2.24) is 24.3 Å². The van der Waals surface area contributed by atoms with Gasteiger partial charge in [0.25, 0.3) is 0 Å². The number of rotatable bonds is 4. The van der Waals surface area contributed by atoms with Gasteiger partial charge in [-0.2, -0.15) is 0 Å². The van der Waals surface area contributed by atoms with Gasteiger partial charge in [-0.05, 0) is 30.9 Å². The Balaban J connectivity index is 1.67. The van der Waals surface area contributed by atoms with Crippen LogP contribution in [-0.2, 0) is 10.2 Å². The number of carbonyl (C=O) groups is 1. The van der Waals surface area contributed by atoms with Crippen LogP contribution >= 0.6 is 11.8 Å². The number of hydrogen-bond acceptors (Lipinski definition) is 8. The van der Waals surface area contributed by atoms with Crippen LogP contribution in [0.15, 0.2) is 47.9 Å². The van der Waals surface area contributed by atoms with E-state index in [4.69, 9.17) is 10.5 Å². The average molecular weight is 433 g/mol. The standard InChI is InChI=1S/C21H19N7O2S/c1-21(11-5-4-6-12(9-11)30-2)14-15(22)25-16(26-17(14)27-20(21)29)13-10-28-8-7-23-18(28)19(24-13)31-3/h4-10H,1-3H3,(H3,22,25,26,27,29). The van der Waals surface area contributed by atoms with Gasteiger partial charge in [-0.1, -0.05) is 12.1 Å². The minimum Gasteiger partial charge on any atom is -0.497 e. The normalized spacial score (nSPS) is 17.6. The van der Waals surface area contributed by atoms with Gasteiger partial charge >= 0.3 is 0 Å². The van der Waals surface area contributed by atoms with Gasteiger partial charge in [0.1, 0.15) is 33.5 Å². The first kappa shape index (κ1) is 19.3. The van der Waals surface area contributed by atoms with E-state index >= 15 is 0 Å². The van der Waals surface area contributed by atoms with Gasteiger partial charge in [0, 0.05) is 18.6 Å². The molecule has 1 aromatic carbocycles. The number of fused-ring (bicyclic) bond motifs is 2. The lowest BCUT2D eigenvalue weighted by atomic mass is 9.77. The van der Waals surface area contributed by atoms with E-state index in [1.807, 2.05) is 48.0 Å². The van der Waals surface area contributed by atoms with Crippen LogP contribution in [0.3, 0.4) is 0 Å². The molecule has 10 heteroatoms. The fourth-order valence-corrected chi connectivity index (χ4v) is 4.41. The highest BCUT2D eigenvalue weighted by molar-refractivity contribution is 7.98. The van der Waals surface area contributed by atoms with Gasteiger partial charge < -0.3 is 20.2 Å². The molecule has 0 fully saturated rings. The highest BCUT2D eigenvalue weighted by atomic mass is 32.2. The molecule has 4 aromatic rings. The molecule has 0 saturated heterocycles. The Hall–Kier alpha value is -3.66. The molecular formula is C21H19N7O2S. The molecular weight excluding hydrogens is 414 g/mol. The molecule has 0 bridgehead atoms. The summed E-state index contributed by atoms with van der Waals surface area (Å²) in [5.74, 6) is 1.37. The third kappa shape index (κ3) is 2.82. The number of nitrogens with two attached hydrogens (primary N) is 1. The summed E-state index contributed by atoms with van der Waals surface area (Å²) in [6.07, 6.45) is 7.26. The first-order chi connectivity index (χ1) is 15.0. The molecule has 156 valence electrons. The number of nitrogens with one attached hydrogen (secondary N) is 1. The Morgan fingerprint density at radius 3 is 2.87 bits per heavy atom. The summed E-state index contributed by atoms with van der Waals surface area (Å²) in [5.41, 5.74) is 7.93. The number of ether oxygens (including phenoxy) is 1. The average Bonchev–Trinajstić information content (AvgIpc) is 3.36. The lowest BCUT2D eigenvalue weighted by Gasteiger charge is -2.23. The molecule has 0 saturated carbocycles. The molecule has 1 unspecified atom stereocenters. The predicted molar refractivity (Wildman–Crippen MR) is 118 cm³/mol. The predicted octanol–water partition coefficient (Wildman–Crippen LogP) is 2.76. The topological polar surface area (TPSA) is 120 Å². The van der Waals surface area contributed by atoms with Crippen molar-refractivity contribution >= 4 is 35.0 Å². The van der Waals surface area contributed by atoms with Gasteiger partial charge in [0.05, 0.1) is 12.7 Å². The smallest absolute Gasteiger partial charge is 0.240 e. The van der Waals surface area contributed by atoms with Crippen molar-refractivity contribution in [2.45, 2.75) is 17.4 Å². The largest absolute Gasteiger partial charge is 0.497 e. The molecule has 0 spiro atoms. The zero-order valence-electron chi connectivity index (χ0n) is 17.1. The highest BCUT2D eigenvalue weighted by Gasteiger charge is 2.47. The van der Waals surface area contributed by atoms with Crippen LogP contribution in [0.2, 0.25) is 0 Å². The zero-order chi connectivity index (χ0) is 21.8. The highest BCUT2D eigenvalue weighted by Crippen LogP contribution is 2.45. The van der Waals surface area contributed by atoms with Crippen LogP contribution in [0.1, 0.15) is 18.1 Å². The van der Waals surface area contributed by atoms with Crippen LogP contribution in [0.5, 0.6) is 5.75 Å². The van der Waals surface area contributed by atoms with Crippen molar-refractivity contribution in [2.75, 3.05) is 24.4 Å². The van der Waals surface area contributed by atoms with Crippen molar-refractivity contribution < 1.29 is 9.53 Å². The maximum absolute atomic E-state index is 13.1. The van der Waals surface area contributed by atoms with E-state index in [1.54, 1.807) is 19.5 Å². The van der Waals surface area contributed by atoms with E-state index < -0.39 is 5.41 Å². The quantitative estimate of drug-likeness (QED) is 0.472. The number of nitrogens with zero attached hydrogens (tertiary/aromatic N) is 5. The number of nitrogen functional groups attached to an aromatic ring is 1. The fourth-order valence-electron chi connectivity index (χ4n) is 3.88. The Kier molecular flexibility index (Phi) is 4.33. The summed E-state index contributed by atoms with van der Waals surface area (Å²) in [5, 5.41) is 3.62. The molecule has 0 radical (unpaired) electrons. The van der Waals surface area contributed by atoms with E-state index in [1.165, 1.54) is 11.8 Å². The van der Waals surface area contributed by atoms with Crippen molar-refractivity contribution in [3.8, 4) is 17.3 Å². The molecule has 1 amide bonds. The Labute approximate surface area is 182 Å². The lowest BCUT2D eigenvalue weighted by Crippen LogP contribution is -2.33. The molecule has 5 rings (SSSR count). The summed E-state index contributed by atoms with van der Waals surface area (Å²) in [6, 6.07) is 7.35. The van der Waals surface area contributed by atoms with E-state index in [-0.39, 0.29) is 11.7 Å². The summed E-state index contributed by atoms with van der Waals surface area (Å²) >= 11 is 1.48. The number of aromatic nitrogens is 5. The van der Waals surface area contributed by atoms with E-state index in [9.17, 15) is 4.79 Å². The van der Waals surface area contributed by atoms with Crippen molar-refractivity contribution in [1.29, 1.82) is 0 Å². The Morgan fingerprint density at radius 2 is 2.10 bits per heavy atom. The van der Waals surface area contributed by atoms with Gasteiger partial charge in [0.2, 0.25) is 5.91 Å². The first-order valence-electron chi connectivity index (χ1n) is 9.47. The van der Waals surface area contributed by atoms with Crippen LogP contribution in [0.4, 0.5) is 11.6 Å². The minimum absolute atomic E-state index is 0.224. The molecule has 9 nitrogen and oxygen atoms in total. The number of carbonyl (C=O) groups excluding carboxylic acids is 1. The third-order valence-corrected chi connectivity index (χ3v) is 6.20. The van der Waals surface area contributed by atoms with Gasteiger partial charge in [-0.15, -0.1) is 11.8 Å². The minimum atomic E-state index is -1.04. The Bertz CT molecular complexity index is 1350. The molecule has 4 heterocycles. The van der Waals surface area contributed by atoms with Crippen molar-refractivity contribution in [2.24, 2.45) is 0 Å². The number of thioether (sulfide) groups is 1. The SMILES string of the molecule is COc1cccc(C2(C)C(=O)Nc3nc(-c4cn5ccnc5c(SC)n4)nc(N)c32)c1. The second-order valence-electron chi connectivity index (χ2n) is 7.26. The summed E-state index contributed by atoms with van der Waals surface area (Å²) in [7, 11) is 1.58. The zero-order valence-corrected chi connectivity index (χ0v) is 17.9. The number of amides is 1. The number of methoxy groups -OCH3 is 1. The number of imidazole rings is 1. The van der Waals surface area contributed by atoms with E-state index in [2.05, 4.69) is 25.3 Å². The second-order valence-corrected chi connectivity index (χ2v) is 8.06. The summed E-state index contributed by atoms with van der Waals surface area (Å²) in [4.78, 5) is 31.2.